The highest BCUT2D eigenvalue weighted by atomic mass is 16.4. The van der Waals surface area contributed by atoms with E-state index in [1.807, 2.05) is 31.2 Å². The van der Waals surface area contributed by atoms with E-state index in [1.54, 1.807) is 35.1 Å². The van der Waals surface area contributed by atoms with Gasteiger partial charge in [-0.15, -0.1) is 5.10 Å². The van der Waals surface area contributed by atoms with Crippen LogP contribution in [-0.2, 0) is 11.3 Å². The molecule has 5 rings (SSSR count). The zero-order valence-corrected chi connectivity index (χ0v) is 20.2. The lowest BCUT2D eigenvalue weighted by atomic mass is 10.1. The van der Waals surface area contributed by atoms with E-state index < -0.39 is 5.97 Å². The number of likely N-dealkylation sites (tertiary alicyclic amines) is 1. The SMILES string of the molecule is C[C@@H](c1cccc(Cn2cc(-c3cc(-c4cccc(C#N)c4)nc(N)n3)nn2)n1)N1CC[C@@H](C(=O)O)C1. The molecule has 3 aromatic heterocycles. The van der Waals surface area contributed by atoms with Crippen LogP contribution < -0.4 is 5.73 Å². The molecule has 0 amide bonds. The molecule has 0 bridgehead atoms. The van der Waals surface area contributed by atoms with Crippen LogP contribution in [0.3, 0.4) is 0 Å². The first-order valence-corrected chi connectivity index (χ1v) is 11.9. The fraction of sp³-hybridized carbons (Fsp3) is 0.269. The maximum Gasteiger partial charge on any atom is 0.307 e. The third-order valence-electron chi connectivity index (χ3n) is 6.53. The summed E-state index contributed by atoms with van der Waals surface area (Å²) < 4.78 is 1.68. The highest BCUT2D eigenvalue weighted by Crippen LogP contribution is 2.27. The summed E-state index contributed by atoms with van der Waals surface area (Å²) in [4.78, 5) is 26.9. The first-order chi connectivity index (χ1) is 17.9. The summed E-state index contributed by atoms with van der Waals surface area (Å²) in [5.74, 6) is -0.975. The van der Waals surface area contributed by atoms with Crippen molar-refractivity contribution in [1.82, 2.24) is 34.8 Å². The van der Waals surface area contributed by atoms with Crippen molar-refractivity contribution in [3.05, 3.63) is 71.7 Å². The minimum Gasteiger partial charge on any atom is -0.481 e. The Kier molecular flexibility index (Phi) is 6.57. The average Bonchev–Trinajstić information content (AvgIpc) is 3.59. The number of rotatable bonds is 7. The van der Waals surface area contributed by atoms with Crippen molar-refractivity contribution >= 4 is 11.9 Å². The number of carboxylic acid groups (broad SMARTS) is 1. The van der Waals surface area contributed by atoms with Gasteiger partial charge in [0.1, 0.15) is 5.69 Å². The van der Waals surface area contributed by atoms with Crippen molar-refractivity contribution in [3.8, 4) is 28.7 Å². The van der Waals surface area contributed by atoms with E-state index in [1.165, 1.54) is 0 Å². The van der Waals surface area contributed by atoms with Gasteiger partial charge in [0.25, 0.3) is 0 Å². The van der Waals surface area contributed by atoms with Crippen LogP contribution >= 0.6 is 0 Å². The second-order valence-electron chi connectivity index (χ2n) is 9.04. The summed E-state index contributed by atoms with van der Waals surface area (Å²) >= 11 is 0. The summed E-state index contributed by atoms with van der Waals surface area (Å²) in [5, 5.41) is 27.0. The third kappa shape index (κ3) is 5.29. The molecule has 11 nitrogen and oxygen atoms in total. The number of aliphatic carboxylic acids is 1. The predicted molar refractivity (Wildman–Crippen MR) is 135 cm³/mol. The van der Waals surface area contributed by atoms with Crippen LogP contribution in [0.5, 0.6) is 0 Å². The number of hydrogen-bond acceptors (Lipinski definition) is 9. The summed E-state index contributed by atoms with van der Waals surface area (Å²) in [6.45, 7) is 3.72. The second kappa shape index (κ2) is 10.1. The summed E-state index contributed by atoms with van der Waals surface area (Å²) in [7, 11) is 0. The van der Waals surface area contributed by atoms with E-state index >= 15 is 0 Å². The van der Waals surface area contributed by atoms with Crippen LogP contribution in [0.15, 0.2) is 54.7 Å². The van der Waals surface area contributed by atoms with Crippen LogP contribution in [-0.4, -0.2) is 59.0 Å². The third-order valence-corrected chi connectivity index (χ3v) is 6.53. The van der Waals surface area contributed by atoms with Gasteiger partial charge < -0.3 is 10.8 Å². The standard InChI is InChI=1S/C26H25N9O2/c1-16(34-9-8-19(13-34)25(36)37)21-7-3-6-20(29-21)14-35-15-24(32-33-35)23-11-22(30-26(28)31-23)18-5-2-4-17(10-18)12-27/h2-7,10-11,15-16,19H,8-9,13-14H2,1H3,(H,36,37)(H2,28,30,31)/t16-,19+/m0/s1. The highest BCUT2D eigenvalue weighted by Gasteiger charge is 2.31. The van der Waals surface area contributed by atoms with Crippen molar-refractivity contribution in [1.29, 1.82) is 5.26 Å². The molecule has 0 saturated carbocycles. The molecule has 1 aliphatic heterocycles. The Hall–Kier alpha value is -4.69. The number of pyridine rings is 1. The van der Waals surface area contributed by atoms with E-state index in [0.29, 0.717) is 42.2 Å². The van der Waals surface area contributed by atoms with Gasteiger partial charge in [-0.05, 0) is 50.2 Å². The number of aromatic nitrogens is 6. The molecule has 11 heteroatoms. The van der Waals surface area contributed by atoms with Gasteiger partial charge in [0, 0.05) is 18.2 Å². The van der Waals surface area contributed by atoms with Crippen molar-refractivity contribution in [3.63, 3.8) is 0 Å². The van der Waals surface area contributed by atoms with Crippen LogP contribution in [0.1, 0.15) is 36.3 Å². The number of nitriles is 1. The molecule has 0 aliphatic carbocycles. The van der Waals surface area contributed by atoms with Gasteiger partial charge in [-0.2, -0.15) is 5.26 Å². The van der Waals surface area contributed by atoms with E-state index in [9.17, 15) is 15.2 Å². The van der Waals surface area contributed by atoms with E-state index in [0.717, 1.165) is 23.5 Å². The Morgan fingerprint density at radius 3 is 2.76 bits per heavy atom. The van der Waals surface area contributed by atoms with Crippen molar-refractivity contribution in [2.75, 3.05) is 18.8 Å². The second-order valence-corrected chi connectivity index (χ2v) is 9.04. The van der Waals surface area contributed by atoms with Crippen LogP contribution in [0.25, 0.3) is 22.6 Å². The highest BCUT2D eigenvalue weighted by molar-refractivity contribution is 5.70. The van der Waals surface area contributed by atoms with Crippen LogP contribution in [0.4, 0.5) is 5.95 Å². The molecular weight excluding hydrogens is 470 g/mol. The fourth-order valence-corrected chi connectivity index (χ4v) is 4.50. The normalized spacial score (nSPS) is 16.4. The number of nitrogens with zero attached hydrogens (tertiary/aromatic N) is 8. The molecule has 0 radical (unpaired) electrons. The largest absolute Gasteiger partial charge is 0.481 e. The molecule has 1 fully saturated rings. The van der Waals surface area contributed by atoms with E-state index in [4.69, 9.17) is 10.7 Å². The predicted octanol–water partition coefficient (Wildman–Crippen LogP) is 2.77. The monoisotopic (exact) mass is 495 g/mol. The molecular formula is C26H25N9O2. The zero-order valence-electron chi connectivity index (χ0n) is 20.2. The number of anilines is 1. The Labute approximate surface area is 213 Å². The molecule has 186 valence electrons. The molecule has 0 spiro atoms. The van der Waals surface area contributed by atoms with Crippen LogP contribution in [0.2, 0.25) is 0 Å². The number of benzene rings is 1. The topological polar surface area (TPSA) is 160 Å². The quantitative estimate of drug-likeness (QED) is 0.390. The van der Waals surface area contributed by atoms with Gasteiger partial charge in [0.05, 0.1) is 53.1 Å². The number of nitrogens with two attached hydrogens (primary N) is 1. The number of carboxylic acids is 1. The van der Waals surface area contributed by atoms with Gasteiger partial charge >= 0.3 is 5.97 Å². The van der Waals surface area contributed by atoms with Gasteiger partial charge in [-0.3, -0.25) is 14.7 Å². The van der Waals surface area contributed by atoms with E-state index in [-0.39, 0.29) is 17.9 Å². The molecule has 4 aromatic rings. The number of nitrogen functional groups attached to an aromatic ring is 1. The summed E-state index contributed by atoms with van der Waals surface area (Å²) in [5.41, 5.74) is 10.6. The Bertz CT molecular complexity index is 1490. The average molecular weight is 496 g/mol. The number of hydrogen-bond donors (Lipinski definition) is 2. The first kappa shape index (κ1) is 24.0. The fourth-order valence-electron chi connectivity index (χ4n) is 4.50. The number of carbonyl (C=O) groups is 1. The summed E-state index contributed by atoms with van der Waals surface area (Å²) in [6.07, 6.45) is 2.42. The molecule has 37 heavy (non-hydrogen) atoms. The lowest BCUT2D eigenvalue weighted by Gasteiger charge is -2.23. The first-order valence-electron chi connectivity index (χ1n) is 11.9. The van der Waals surface area contributed by atoms with E-state index in [2.05, 4.69) is 31.2 Å². The van der Waals surface area contributed by atoms with Crippen molar-refractivity contribution in [2.24, 2.45) is 5.92 Å². The van der Waals surface area contributed by atoms with Crippen molar-refractivity contribution < 1.29 is 9.90 Å². The van der Waals surface area contributed by atoms with Gasteiger partial charge in [-0.25, -0.2) is 14.6 Å². The zero-order chi connectivity index (χ0) is 25.9. The minimum absolute atomic E-state index is 0.0116. The smallest absolute Gasteiger partial charge is 0.307 e. The minimum atomic E-state index is -0.744. The molecule has 1 aliphatic rings. The lowest BCUT2D eigenvalue weighted by Crippen LogP contribution is -2.27. The van der Waals surface area contributed by atoms with Gasteiger partial charge in [0.2, 0.25) is 5.95 Å². The maximum atomic E-state index is 11.3. The van der Waals surface area contributed by atoms with Gasteiger partial charge in [0.15, 0.2) is 0 Å². The molecule has 3 N–H and O–H groups in total. The maximum absolute atomic E-state index is 11.3. The molecule has 4 heterocycles. The van der Waals surface area contributed by atoms with Crippen LogP contribution in [0, 0.1) is 17.2 Å². The Morgan fingerprint density at radius 2 is 1.97 bits per heavy atom. The Morgan fingerprint density at radius 1 is 1.16 bits per heavy atom. The molecule has 1 saturated heterocycles. The lowest BCUT2D eigenvalue weighted by molar-refractivity contribution is -0.141. The van der Waals surface area contributed by atoms with Gasteiger partial charge in [-0.1, -0.05) is 23.4 Å². The molecule has 1 aromatic carbocycles. The summed E-state index contributed by atoms with van der Waals surface area (Å²) in [6, 6.07) is 16.8. The van der Waals surface area contributed by atoms with Crippen molar-refractivity contribution in [2.45, 2.75) is 25.9 Å². The molecule has 2 atom stereocenters. The Balaban J connectivity index is 1.33. The molecule has 0 unspecified atom stereocenters.